The Morgan fingerprint density at radius 1 is 1.22 bits per heavy atom. The highest BCUT2D eigenvalue weighted by Gasteiger charge is 2.15. The highest BCUT2D eigenvalue weighted by atomic mass is 16.5. The van der Waals surface area contributed by atoms with Crippen LogP contribution in [-0.2, 0) is 4.79 Å². The summed E-state index contributed by atoms with van der Waals surface area (Å²) in [7, 11) is 3.71. The van der Waals surface area contributed by atoms with Gasteiger partial charge >= 0.3 is 0 Å². The third-order valence-corrected chi connectivity index (χ3v) is 3.94. The van der Waals surface area contributed by atoms with Crippen LogP contribution in [0.2, 0.25) is 0 Å². The molecule has 1 aromatic carbocycles. The summed E-state index contributed by atoms with van der Waals surface area (Å²) in [5.41, 5.74) is 0.922. The molecule has 5 nitrogen and oxygen atoms in total. The summed E-state index contributed by atoms with van der Waals surface area (Å²) < 4.78 is 10.8. The second-order valence-corrected chi connectivity index (χ2v) is 5.66. The monoisotopic (exact) mass is 318 g/mol. The number of ether oxygens (including phenoxy) is 2. The molecule has 0 unspecified atom stereocenters. The first-order valence-electron chi connectivity index (χ1n) is 8.10. The van der Waals surface area contributed by atoms with Crippen molar-refractivity contribution in [1.82, 2.24) is 9.80 Å². The molecule has 5 heteroatoms. The Labute approximate surface area is 138 Å². The summed E-state index contributed by atoms with van der Waals surface area (Å²) in [6.45, 7) is 6.10. The van der Waals surface area contributed by atoms with Crippen LogP contribution < -0.4 is 9.47 Å². The van der Waals surface area contributed by atoms with Gasteiger partial charge < -0.3 is 19.3 Å². The first-order chi connectivity index (χ1) is 11.1. The Morgan fingerprint density at radius 2 is 2.04 bits per heavy atom. The maximum Gasteiger partial charge on any atom is 0.246 e. The summed E-state index contributed by atoms with van der Waals surface area (Å²) in [4.78, 5) is 16.5. The lowest BCUT2D eigenvalue weighted by Crippen LogP contribution is -2.33. The molecule has 1 fully saturated rings. The van der Waals surface area contributed by atoms with E-state index in [-0.39, 0.29) is 5.91 Å². The number of hydrogen-bond acceptors (Lipinski definition) is 4. The van der Waals surface area contributed by atoms with Gasteiger partial charge in [0.15, 0.2) is 11.5 Å². The topological polar surface area (TPSA) is 42.0 Å². The quantitative estimate of drug-likeness (QED) is 0.781. The Morgan fingerprint density at radius 3 is 2.78 bits per heavy atom. The van der Waals surface area contributed by atoms with E-state index in [4.69, 9.17) is 9.47 Å². The van der Waals surface area contributed by atoms with Crippen LogP contribution >= 0.6 is 0 Å². The molecule has 0 radical (unpaired) electrons. The van der Waals surface area contributed by atoms with Crippen molar-refractivity contribution in [1.29, 1.82) is 0 Å². The number of carbonyl (C=O) groups is 1. The predicted molar refractivity (Wildman–Crippen MR) is 91.9 cm³/mol. The van der Waals surface area contributed by atoms with Gasteiger partial charge in [-0.1, -0.05) is 6.07 Å². The number of amides is 1. The van der Waals surface area contributed by atoms with E-state index in [0.29, 0.717) is 18.1 Å². The zero-order valence-electron chi connectivity index (χ0n) is 14.2. The molecule has 126 valence electrons. The normalized spacial score (nSPS) is 16.4. The number of likely N-dealkylation sites (N-methyl/N-ethyl adjacent to an activating group) is 1. The molecule has 1 aromatic rings. The third kappa shape index (κ3) is 4.99. The zero-order chi connectivity index (χ0) is 16.7. The first kappa shape index (κ1) is 17.3. The molecule has 0 bridgehead atoms. The number of carbonyl (C=O) groups excluding carboxylic acids is 1. The van der Waals surface area contributed by atoms with Crippen LogP contribution in [0, 0.1) is 0 Å². The third-order valence-electron chi connectivity index (χ3n) is 3.94. The van der Waals surface area contributed by atoms with Gasteiger partial charge in [0.2, 0.25) is 5.91 Å². The molecule has 0 aromatic heterocycles. The molecule has 1 heterocycles. The average Bonchev–Trinajstić information content (AvgIpc) is 2.78. The molecule has 0 N–H and O–H groups in total. The van der Waals surface area contributed by atoms with Gasteiger partial charge in [-0.3, -0.25) is 4.79 Å². The van der Waals surface area contributed by atoms with Crippen molar-refractivity contribution in [3.63, 3.8) is 0 Å². The Balaban J connectivity index is 2.02. The van der Waals surface area contributed by atoms with Gasteiger partial charge in [0, 0.05) is 25.7 Å². The fourth-order valence-electron chi connectivity index (χ4n) is 2.60. The van der Waals surface area contributed by atoms with Crippen LogP contribution in [0.4, 0.5) is 0 Å². The van der Waals surface area contributed by atoms with E-state index in [0.717, 1.165) is 38.2 Å². The minimum absolute atomic E-state index is 0.0631. The van der Waals surface area contributed by atoms with Crippen molar-refractivity contribution in [2.75, 3.05) is 46.9 Å². The van der Waals surface area contributed by atoms with E-state index in [1.807, 2.05) is 36.1 Å². The van der Waals surface area contributed by atoms with Crippen LogP contribution in [0.15, 0.2) is 24.3 Å². The highest BCUT2D eigenvalue weighted by Crippen LogP contribution is 2.28. The molecule has 23 heavy (non-hydrogen) atoms. The first-order valence-corrected chi connectivity index (χ1v) is 8.10. The lowest BCUT2D eigenvalue weighted by atomic mass is 10.2. The summed E-state index contributed by atoms with van der Waals surface area (Å²) in [6, 6.07) is 5.67. The van der Waals surface area contributed by atoms with Gasteiger partial charge in [-0.15, -0.1) is 0 Å². The lowest BCUT2D eigenvalue weighted by Gasteiger charge is -2.18. The molecule has 1 amide bonds. The number of nitrogens with zero attached hydrogens (tertiary/aromatic N) is 2. The number of methoxy groups -OCH3 is 1. The molecule has 2 rings (SSSR count). The molecule has 0 spiro atoms. The van der Waals surface area contributed by atoms with Crippen LogP contribution in [0.1, 0.15) is 18.9 Å². The van der Waals surface area contributed by atoms with Crippen molar-refractivity contribution >= 4 is 12.0 Å². The van der Waals surface area contributed by atoms with Crippen molar-refractivity contribution in [3.8, 4) is 11.5 Å². The van der Waals surface area contributed by atoms with E-state index in [2.05, 4.69) is 11.9 Å². The smallest absolute Gasteiger partial charge is 0.246 e. The van der Waals surface area contributed by atoms with Gasteiger partial charge in [0.1, 0.15) is 0 Å². The summed E-state index contributed by atoms with van der Waals surface area (Å²) in [5, 5.41) is 0. The Kier molecular flexibility index (Phi) is 6.47. The van der Waals surface area contributed by atoms with Crippen LogP contribution in [0.5, 0.6) is 11.5 Å². The fraction of sp³-hybridized carbons (Fsp3) is 0.500. The molecular weight excluding hydrogens is 292 g/mol. The minimum atomic E-state index is 0.0631. The van der Waals surface area contributed by atoms with Crippen molar-refractivity contribution in [2.45, 2.75) is 13.3 Å². The van der Waals surface area contributed by atoms with E-state index < -0.39 is 0 Å². The van der Waals surface area contributed by atoms with Gasteiger partial charge in [-0.25, -0.2) is 0 Å². The average molecular weight is 318 g/mol. The standard InChI is InChI=1S/C18H26N2O3/c1-4-23-16-8-6-15(14-17(16)22-3)7-9-18(21)20-11-5-10-19(2)12-13-20/h6-9,14H,4-5,10-13H2,1-3H3/b9-7+. The molecule has 1 saturated heterocycles. The van der Waals surface area contributed by atoms with Crippen LogP contribution in [0.25, 0.3) is 6.08 Å². The van der Waals surface area contributed by atoms with Gasteiger partial charge in [-0.05, 0) is 50.7 Å². The lowest BCUT2D eigenvalue weighted by molar-refractivity contribution is -0.125. The minimum Gasteiger partial charge on any atom is -0.493 e. The fourth-order valence-corrected chi connectivity index (χ4v) is 2.60. The van der Waals surface area contributed by atoms with E-state index in [1.165, 1.54) is 0 Å². The van der Waals surface area contributed by atoms with E-state index >= 15 is 0 Å². The number of benzene rings is 1. The summed E-state index contributed by atoms with van der Waals surface area (Å²) in [5.74, 6) is 1.46. The van der Waals surface area contributed by atoms with Gasteiger partial charge in [0.05, 0.1) is 13.7 Å². The SMILES string of the molecule is CCOc1ccc(/C=C/C(=O)N2CCCN(C)CC2)cc1OC. The maximum atomic E-state index is 12.3. The molecule has 0 saturated carbocycles. The second kappa shape index (κ2) is 8.58. The van der Waals surface area contributed by atoms with Crippen LogP contribution in [0.3, 0.4) is 0 Å². The Bertz CT molecular complexity index is 557. The Hall–Kier alpha value is -2.01. The van der Waals surface area contributed by atoms with Crippen LogP contribution in [-0.4, -0.2) is 62.7 Å². The molecular formula is C18H26N2O3. The molecule has 0 atom stereocenters. The van der Waals surface area contributed by atoms with Crippen molar-refractivity contribution < 1.29 is 14.3 Å². The molecule has 1 aliphatic heterocycles. The van der Waals surface area contributed by atoms with E-state index in [9.17, 15) is 4.79 Å². The largest absolute Gasteiger partial charge is 0.493 e. The summed E-state index contributed by atoms with van der Waals surface area (Å²) >= 11 is 0. The zero-order valence-corrected chi connectivity index (χ0v) is 14.2. The number of rotatable bonds is 5. The molecule has 1 aliphatic rings. The van der Waals surface area contributed by atoms with Gasteiger partial charge in [0.25, 0.3) is 0 Å². The summed E-state index contributed by atoms with van der Waals surface area (Å²) in [6.07, 6.45) is 4.49. The van der Waals surface area contributed by atoms with Gasteiger partial charge in [-0.2, -0.15) is 0 Å². The van der Waals surface area contributed by atoms with E-state index in [1.54, 1.807) is 13.2 Å². The highest BCUT2D eigenvalue weighted by molar-refractivity contribution is 5.91. The number of hydrogen-bond donors (Lipinski definition) is 0. The maximum absolute atomic E-state index is 12.3. The molecule has 0 aliphatic carbocycles. The van der Waals surface area contributed by atoms with Crippen molar-refractivity contribution in [3.05, 3.63) is 29.8 Å². The second-order valence-electron chi connectivity index (χ2n) is 5.66. The van der Waals surface area contributed by atoms with Crippen molar-refractivity contribution in [2.24, 2.45) is 0 Å². The predicted octanol–water partition coefficient (Wildman–Crippen LogP) is 2.27.